The Morgan fingerprint density at radius 1 is 1.15 bits per heavy atom. The van der Waals surface area contributed by atoms with Crippen LogP contribution in [0, 0.1) is 6.92 Å². The minimum absolute atomic E-state index is 0.0164. The fourth-order valence-corrected chi connectivity index (χ4v) is 4.61. The highest BCUT2D eigenvalue weighted by molar-refractivity contribution is 7.20. The third kappa shape index (κ3) is 5.81. The van der Waals surface area contributed by atoms with Gasteiger partial charge in [-0.05, 0) is 49.4 Å². The van der Waals surface area contributed by atoms with Crippen molar-refractivity contribution in [1.29, 1.82) is 0 Å². The molecule has 0 unspecified atom stereocenters. The standard InChI is InChI=1S/C24H28N4O5S/c1-14-20-23(32-3)27-18(12-31-2)28-24(20)34-21(14)22(30)25-11-10-15-4-8-17(9-5-15)33-13-19(29)26-16-6-7-16/h4-5,8-9,16H,6-7,10-13H2,1-3H3,(H,25,30)(H,26,29). The van der Waals surface area contributed by atoms with Crippen LogP contribution >= 0.6 is 11.3 Å². The highest BCUT2D eigenvalue weighted by Crippen LogP contribution is 2.35. The van der Waals surface area contributed by atoms with Gasteiger partial charge in [0.25, 0.3) is 11.8 Å². The van der Waals surface area contributed by atoms with E-state index in [1.165, 1.54) is 11.3 Å². The average Bonchev–Trinajstić information content (AvgIpc) is 3.58. The number of carbonyl (C=O) groups is 2. The van der Waals surface area contributed by atoms with Crippen molar-refractivity contribution in [2.75, 3.05) is 27.4 Å². The molecule has 0 aliphatic heterocycles. The van der Waals surface area contributed by atoms with Gasteiger partial charge in [0.1, 0.15) is 17.2 Å². The molecule has 0 saturated heterocycles. The first-order chi connectivity index (χ1) is 16.5. The molecule has 0 spiro atoms. The van der Waals surface area contributed by atoms with Gasteiger partial charge in [0.15, 0.2) is 12.4 Å². The summed E-state index contributed by atoms with van der Waals surface area (Å²) in [7, 11) is 3.13. The number of nitrogens with one attached hydrogen (secondary N) is 2. The van der Waals surface area contributed by atoms with Gasteiger partial charge in [-0.25, -0.2) is 4.98 Å². The van der Waals surface area contributed by atoms with E-state index in [4.69, 9.17) is 14.2 Å². The molecule has 2 aromatic heterocycles. The second kappa shape index (κ2) is 10.8. The number of hydrogen-bond donors (Lipinski definition) is 2. The largest absolute Gasteiger partial charge is 0.484 e. The molecule has 2 amide bonds. The van der Waals surface area contributed by atoms with Crippen LogP contribution in [0.4, 0.5) is 0 Å². The molecule has 34 heavy (non-hydrogen) atoms. The number of amides is 2. The van der Waals surface area contributed by atoms with Crippen LogP contribution in [-0.2, 0) is 22.6 Å². The fraction of sp³-hybridized carbons (Fsp3) is 0.417. The van der Waals surface area contributed by atoms with Gasteiger partial charge in [0.05, 0.1) is 17.4 Å². The van der Waals surface area contributed by atoms with Gasteiger partial charge >= 0.3 is 0 Å². The summed E-state index contributed by atoms with van der Waals surface area (Å²) < 4.78 is 16.1. The highest BCUT2D eigenvalue weighted by atomic mass is 32.1. The van der Waals surface area contributed by atoms with Gasteiger partial charge in [-0.15, -0.1) is 11.3 Å². The number of nitrogens with zero attached hydrogens (tertiary/aromatic N) is 2. The number of methoxy groups -OCH3 is 2. The van der Waals surface area contributed by atoms with E-state index in [1.807, 2.05) is 31.2 Å². The summed E-state index contributed by atoms with van der Waals surface area (Å²) in [4.78, 5) is 34.7. The highest BCUT2D eigenvalue weighted by Gasteiger charge is 2.23. The van der Waals surface area contributed by atoms with Crippen molar-refractivity contribution >= 4 is 33.4 Å². The van der Waals surface area contributed by atoms with E-state index in [0.29, 0.717) is 46.2 Å². The summed E-state index contributed by atoms with van der Waals surface area (Å²) >= 11 is 1.32. The molecule has 1 aliphatic rings. The van der Waals surface area contributed by atoms with Crippen molar-refractivity contribution in [1.82, 2.24) is 20.6 Å². The Kier molecular flexibility index (Phi) is 7.59. The zero-order valence-electron chi connectivity index (χ0n) is 19.5. The topological polar surface area (TPSA) is 112 Å². The van der Waals surface area contributed by atoms with Crippen LogP contribution in [0.2, 0.25) is 0 Å². The number of benzene rings is 1. The third-order valence-electron chi connectivity index (χ3n) is 5.41. The van der Waals surface area contributed by atoms with E-state index in [-0.39, 0.29) is 25.0 Å². The maximum atomic E-state index is 12.8. The molecule has 180 valence electrons. The van der Waals surface area contributed by atoms with Crippen molar-refractivity contribution in [2.24, 2.45) is 0 Å². The minimum Gasteiger partial charge on any atom is -0.484 e. The molecule has 9 nitrogen and oxygen atoms in total. The van der Waals surface area contributed by atoms with Crippen molar-refractivity contribution in [3.63, 3.8) is 0 Å². The first-order valence-corrected chi connectivity index (χ1v) is 11.9. The molecule has 1 aliphatic carbocycles. The van der Waals surface area contributed by atoms with Crippen molar-refractivity contribution in [2.45, 2.75) is 38.8 Å². The van der Waals surface area contributed by atoms with E-state index < -0.39 is 0 Å². The summed E-state index contributed by atoms with van der Waals surface area (Å²) in [5, 5.41) is 6.62. The van der Waals surface area contributed by atoms with Gasteiger partial charge in [-0.1, -0.05) is 12.1 Å². The van der Waals surface area contributed by atoms with Crippen LogP contribution in [0.3, 0.4) is 0 Å². The Labute approximate surface area is 201 Å². The molecule has 10 heteroatoms. The van der Waals surface area contributed by atoms with E-state index in [2.05, 4.69) is 20.6 Å². The molecular weight excluding hydrogens is 456 g/mol. The molecule has 0 atom stereocenters. The summed E-state index contributed by atoms with van der Waals surface area (Å²) in [6, 6.07) is 7.86. The van der Waals surface area contributed by atoms with Crippen molar-refractivity contribution in [3.05, 3.63) is 46.1 Å². The molecule has 1 saturated carbocycles. The lowest BCUT2D eigenvalue weighted by Gasteiger charge is -2.08. The number of thiophene rings is 1. The Bertz CT molecular complexity index is 1170. The number of fused-ring (bicyclic) bond motifs is 1. The van der Waals surface area contributed by atoms with Crippen LogP contribution in [-0.4, -0.2) is 55.2 Å². The molecular formula is C24H28N4O5S. The van der Waals surface area contributed by atoms with Crippen LogP contribution in [0.5, 0.6) is 11.6 Å². The summed E-state index contributed by atoms with van der Waals surface area (Å²) in [5.74, 6) is 1.34. The first kappa shape index (κ1) is 23.9. The van der Waals surface area contributed by atoms with Crippen LogP contribution < -0.4 is 20.1 Å². The van der Waals surface area contributed by atoms with Crippen molar-refractivity contribution < 1.29 is 23.8 Å². The lowest BCUT2D eigenvalue weighted by molar-refractivity contribution is -0.123. The Balaban J connectivity index is 1.32. The SMILES string of the molecule is COCc1nc(OC)c2c(C)c(C(=O)NCCc3ccc(OCC(=O)NC4CC4)cc3)sc2n1. The average molecular weight is 485 g/mol. The molecule has 2 N–H and O–H groups in total. The number of rotatable bonds is 11. The third-order valence-corrected chi connectivity index (χ3v) is 6.60. The van der Waals surface area contributed by atoms with Gasteiger partial charge in [0.2, 0.25) is 5.88 Å². The number of aryl methyl sites for hydroxylation is 1. The summed E-state index contributed by atoms with van der Waals surface area (Å²) in [6.45, 7) is 2.64. The maximum absolute atomic E-state index is 12.8. The smallest absolute Gasteiger partial charge is 0.261 e. The molecule has 3 aromatic rings. The Morgan fingerprint density at radius 2 is 1.91 bits per heavy atom. The Hall–Kier alpha value is -3.24. The lowest BCUT2D eigenvalue weighted by Crippen LogP contribution is -2.30. The Morgan fingerprint density at radius 3 is 2.59 bits per heavy atom. The van der Waals surface area contributed by atoms with E-state index in [0.717, 1.165) is 29.4 Å². The van der Waals surface area contributed by atoms with Gasteiger partial charge in [-0.3, -0.25) is 9.59 Å². The normalized spacial score (nSPS) is 13.0. The molecule has 1 aromatic carbocycles. The van der Waals surface area contributed by atoms with Crippen LogP contribution in [0.1, 0.15) is 39.5 Å². The van der Waals surface area contributed by atoms with Crippen molar-refractivity contribution in [3.8, 4) is 11.6 Å². The number of ether oxygens (including phenoxy) is 3. The number of carbonyl (C=O) groups excluding carboxylic acids is 2. The molecule has 4 rings (SSSR count). The monoisotopic (exact) mass is 484 g/mol. The molecule has 0 radical (unpaired) electrons. The predicted octanol–water partition coefficient (Wildman–Crippen LogP) is 2.78. The van der Waals surface area contributed by atoms with Crippen LogP contribution in [0.15, 0.2) is 24.3 Å². The lowest BCUT2D eigenvalue weighted by atomic mass is 10.1. The summed E-state index contributed by atoms with van der Waals surface area (Å²) in [6.07, 6.45) is 2.77. The van der Waals surface area contributed by atoms with E-state index in [9.17, 15) is 9.59 Å². The number of aromatic nitrogens is 2. The predicted molar refractivity (Wildman–Crippen MR) is 129 cm³/mol. The minimum atomic E-state index is -0.155. The maximum Gasteiger partial charge on any atom is 0.261 e. The zero-order chi connectivity index (χ0) is 24.1. The molecule has 0 bridgehead atoms. The van der Waals surface area contributed by atoms with Gasteiger partial charge < -0.3 is 24.8 Å². The summed E-state index contributed by atoms with van der Waals surface area (Å²) in [5.41, 5.74) is 1.85. The zero-order valence-corrected chi connectivity index (χ0v) is 20.3. The second-order valence-electron chi connectivity index (χ2n) is 8.10. The van der Waals surface area contributed by atoms with Gasteiger partial charge in [0, 0.05) is 19.7 Å². The first-order valence-electron chi connectivity index (χ1n) is 11.1. The second-order valence-corrected chi connectivity index (χ2v) is 9.10. The molecule has 1 fully saturated rings. The van der Waals surface area contributed by atoms with Gasteiger partial charge in [-0.2, -0.15) is 4.98 Å². The van der Waals surface area contributed by atoms with E-state index in [1.54, 1.807) is 14.2 Å². The quantitative estimate of drug-likeness (QED) is 0.430. The van der Waals surface area contributed by atoms with Crippen LogP contribution in [0.25, 0.3) is 10.2 Å². The number of hydrogen-bond acceptors (Lipinski definition) is 8. The molecule has 2 heterocycles. The van der Waals surface area contributed by atoms with E-state index >= 15 is 0 Å². The fourth-order valence-electron chi connectivity index (χ4n) is 3.50.